The molecule has 1 atom stereocenters. The first-order valence-corrected chi connectivity index (χ1v) is 11.2. The predicted molar refractivity (Wildman–Crippen MR) is 124 cm³/mol. The number of hydrogen-bond donors (Lipinski definition) is 0. The van der Waals surface area contributed by atoms with Gasteiger partial charge in [0.2, 0.25) is 5.91 Å². The van der Waals surface area contributed by atoms with Crippen LogP contribution in [0.25, 0.3) is 0 Å². The van der Waals surface area contributed by atoms with Crippen LogP contribution >= 0.6 is 23.2 Å². The van der Waals surface area contributed by atoms with Crippen molar-refractivity contribution in [2.75, 3.05) is 11.5 Å². The molecule has 4 rings (SSSR count). The second-order valence-corrected chi connectivity index (χ2v) is 9.62. The summed E-state index contributed by atoms with van der Waals surface area (Å²) < 4.78 is 5.80. The number of nitrogens with zero attached hydrogens (tertiary/aromatic N) is 1. The van der Waals surface area contributed by atoms with E-state index in [0.29, 0.717) is 46.5 Å². The number of ketones is 1. The van der Waals surface area contributed by atoms with E-state index in [4.69, 9.17) is 27.9 Å². The minimum Gasteiger partial charge on any atom is -0.492 e. The first kappa shape index (κ1) is 21.9. The molecule has 0 radical (unpaired) electrons. The van der Waals surface area contributed by atoms with Crippen molar-refractivity contribution >= 4 is 40.6 Å². The number of anilines is 1. The fraction of sp³-hybridized carbons (Fsp3) is 0.360. The van der Waals surface area contributed by atoms with Gasteiger partial charge < -0.3 is 4.74 Å². The molecule has 0 saturated carbocycles. The largest absolute Gasteiger partial charge is 0.492 e. The first-order valence-electron chi connectivity index (χ1n) is 10.5. The van der Waals surface area contributed by atoms with Crippen molar-refractivity contribution < 1.29 is 14.3 Å². The van der Waals surface area contributed by atoms with Crippen molar-refractivity contribution in [1.82, 2.24) is 0 Å². The molecule has 31 heavy (non-hydrogen) atoms. The van der Waals surface area contributed by atoms with Gasteiger partial charge in [-0.1, -0.05) is 61.3 Å². The SMILES string of the molecule is CCOc1ccccc1N1C(=O)CC(c2cccc(Cl)c2Cl)C2=C1CC(C)(C)CC2=O. The Morgan fingerprint density at radius 2 is 1.81 bits per heavy atom. The third kappa shape index (κ3) is 3.99. The van der Waals surface area contributed by atoms with Gasteiger partial charge in [-0.25, -0.2) is 0 Å². The van der Waals surface area contributed by atoms with Gasteiger partial charge in [-0.2, -0.15) is 0 Å². The Labute approximate surface area is 192 Å². The van der Waals surface area contributed by atoms with Crippen LogP contribution in [0.5, 0.6) is 5.75 Å². The molecular weight excluding hydrogens is 433 g/mol. The molecule has 0 bridgehead atoms. The summed E-state index contributed by atoms with van der Waals surface area (Å²) in [5.41, 5.74) is 2.54. The summed E-state index contributed by atoms with van der Waals surface area (Å²) in [4.78, 5) is 28.7. The standard InChI is InChI=1S/C25H25Cl2NO3/c1-4-31-21-11-6-5-10-18(21)28-19-13-25(2,3)14-20(29)23(19)16(12-22(28)30)15-8-7-9-17(26)24(15)27/h5-11,16H,4,12-14H2,1-3H3. The molecular formula is C25H25Cl2NO3. The van der Waals surface area contributed by atoms with Crippen molar-refractivity contribution in [3.8, 4) is 5.75 Å². The number of amides is 1. The van der Waals surface area contributed by atoms with Crippen molar-refractivity contribution in [2.24, 2.45) is 5.41 Å². The van der Waals surface area contributed by atoms with E-state index >= 15 is 0 Å². The number of hydrogen-bond acceptors (Lipinski definition) is 3. The normalized spacial score (nSPS) is 20.7. The zero-order valence-electron chi connectivity index (χ0n) is 17.9. The zero-order valence-corrected chi connectivity index (χ0v) is 19.4. The Morgan fingerprint density at radius 1 is 1.06 bits per heavy atom. The number of rotatable bonds is 4. The molecule has 0 N–H and O–H groups in total. The number of para-hydroxylation sites is 2. The highest BCUT2D eigenvalue weighted by Crippen LogP contribution is 2.50. The molecule has 2 aromatic rings. The summed E-state index contributed by atoms with van der Waals surface area (Å²) in [6.07, 6.45) is 1.18. The average molecular weight is 458 g/mol. The smallest absolute Gasteiger partial charge is 0.232 e. The highest BCUT2D eigenvalue weighted by atomic mass is 35.5. The van der Waals surface area contributed by atoms with Crippen molar-refractivity contribution in [3.05, 3.63) is 69.3 Å². The number of halogens is 2. The number of Topliss-reactive ketones (excluding diaryl/α,β-unsaturated/α-hetero) is 1. The molecule has 162 valence electrons. The fourth-order valence-electron chi connectivity index (χ4n) is 4.67. The maximum absolute atomic E-state index is 13.6. The Balaban J connectivity index is 1.94. The molecule has 6 heteroatoms. The predicted octanol–water partition coefficient (Wildman–Crippen LogP) is 6.56. The van der Waals surface area contributed by atoms with Crippen LogP contribution in [0.1, 0.15) is 51.5 Å². The topological polar surface area (TPSA) is 46.6 Å². The number of benzene rings is 2. The third-order valence-electron chi connectivity index (χ3n) is 5.91. The second kappa shape index (κ2) is 8.33. The van der Waals surface area contributed by atoms with Gasteiger partial charge >= 0.3 is 0 Å². The van der Waals surface area contributed by atoms with Crippen LogP contribution in [-0.2, 0) is 9.59 Å². The Bertz CT molecular complexity index is 1090. The minimum absolute atomic E-state index is 0.0543. The van der Waals surface area contributed by atoms with E-state index in [0.717, 1.165) is 11.3 Å². The number of allylic oxidation sites excluding steroid dienone is 2. The number of carbonyl (C=O) groups is 2. The Kier molecular flexibility index (Phi) is 5.89. The molecule has 1 aliphatic carbocycles. The van der Waals surface area contributed by atoms with Gasteiger partial charge in [0.05, 0.1) is 22.3 Å². The quantitative estimate of drug-likeness (QED) is 0.522. The Morgan fingerprint density at radius 3 is 2.55 bits per heavy atom. The maximum atomic E-state index is 13.6. The molecule has 1 unspecified atom stereocenters. The lowest BCUT2D eigenvalue weighted by Gasteiger charge is -2.43. The molecule has 1 amide bonds. The van der Waals surface area contributed by atoms with Gasteiger partial charge in [0.1, 0.15) is 5.75 Å². The van der Waals surface area contributed by atoms with E-state index in [2.05, 4.69) is 13.8 Å². The number of ether oxygens (including phenoxy) is 1. The van der Waals surface area contributed by atoms with Crippen LogP contribution in [0, 0.1) is 5.41 Å². The van der Waals surface area contributed by atoms with E-state index in [1.807, 2.05) is 43.3 Å². The van der Waals surface area contributed by atoms with E-state index in [9.17, 15) is 9.59 Å². The monoisotopic (exact) mass is 457 g/mol. The highest BCUT2D eigenvalue weighted by Gasteiger charge is 2.45. The Hall–Kier alpha value is -2.30. The summed E-state index contributed by atoms with van der Waals surface area (Å²) in [5.74, 6) is 0.184. The van der Waals surface area contributed by atoms with Gasteiger partial charge in [0.15, 0.2) is 5.78 Å². The molecule has 0 fully saturated rings. The van der Waals surface area contributed by atoms with Gasteiger partial charge in [0, 0.05) is 30.0 Å². The summed E-state index contributed by atoms with van der Waals surface area (Å²) in [7, 11) is 0. The third-order valence-corrected chi connectivity index (χ3v) is 6.74. The molecule has 4 nitrogen and oxygen atoms in total. The van der Waals surface area contributed by atoms with Crippen molar-refractivity contribution in [1.29, 1.82) is 0 Å². The summed E-state index contributed by atoms with van der Waals surface area (Å²) in [5, 5.41) is 0.816. The average Bonchev–Trinajstić information content (AvgIpc) is 2.69. The van der Waals surface area contributed by atoms with Gasteiger partial charge in [0.25, 0.3) is 0 Å². The minimum atomic E-state index is -0.409. The lowest BCUT2D eigenvalue weighted by atomic mass is 9.69. The van der Waals surface area contributed by atoms with Gasteiger partial charge in [-0.3, -0.25) is 14.5 Å². The molecule has 2 aromatic carbocycles. The van der Waals surface area contributed by atoms with E-state index in [1.54, 1.807) is 11.0 Å². The highest BCUT2D eigenvalue weighted by molar-refractivity contribution is 6.42. The van der Waals surface area contributed by atoms with Crippen LogP contribution in [-0.4, -0.2) is 18.3 Å². The van der Waals surface area contributed by atoms with E-state index < -0.39 is 5.92 Å². The lowest BCUT2D eigenvalue weighted by molar-refractivity contribution is -0.121. The molecule has 1 heterocycles. The molecule has 0 aromatic heterocycles. The molecule has 1 aliphatic heterocycles. The zero-order chi connectivity index (χ0) is 22.3. The van der Waals surface area contributed by atoms with E-state index in [1.165, 1.54) is 0 Å². The number of carbonyl (C=O) groups excluding carboxylic acids is 2. The fourth-order valence-corrected chi connectivity index (χ4v) is 5.11. The molecule has 0 spiro atoms. The van der Waals surface area contributed by atoms with Crippen LogP contribution in [0.3, 0.4) is 0 Å². The summed E-state index contributed by atoms with van der Waals surface area (Å²) >= 11 is 12.8. The second-order valence-electron chi connectivity index (χ2n) is 8.83. The first-order chi connectivity index (χ1) is 14.7. The maximum Gasteiger partial charge on any atom is 0.232 e. The summed E-state index contributed by atoms with van der Waals surface area (Å²) in [6, 6.07) is 12.8. The van der Waals surface area contributed by atoms with Crippen LogP contribution in [0.2, 0.25) is 10.0 Å². The van der Waals surface area contributed by atoms with Crippen LogP contribution in [0.15, 0.2) is 53.7 Å². The van der Waals surface area contributed by atoms with Crippen LogP contribution in [0.4, 0.5) is 5.69 Å². The van der Waals surface area contributed by atoms with Crippen molar-refractivity contribution in [3.63, 3.8) is 0 Å². The lowest BCUT2D eigenvalue weighted by Crippen LogP contribution is -2.44. The van der Waals surface area contributed by atoms with Crippen molar-refractivity contribution in [2.45, 2.75) is 46.0 Å². The van der Waals surface area contributed by atoms with Gasteiger partial charge in [-0.15, -0.1) is 0 Å². The molecule has 2 aliphatic rings. The summed E-state index contributed by atoms with van der Waals surface area (Å²) in [6.45, 7) is 6.50. The van der Waals surface area contributed by atoms with Crippen LogP contribution < -0.4 is 9.64 Å². The van der Waals surface area contributed by atoms with E-state index in [-0.39, 0.29) is 23.5 Å². The molecule has 0 saturated heterocycles. The van der Waals surface area contributed by atoms with Gasteiger partial charge in [-0.05, 0) is 42.5 Å².